The summed E-state index contributed by atoms with van der Waals surface area (Å²) < 4.78 is 5.36. The Morgan fingerprint density at radius 2 is 2.17 bits per heavy atom. The molecule has 1 heterocycles. The molecule has 102 valence electrons. The number of aromatic nitrogens is 1. The summed E-state index contributed by atoms with van der Waals surface area (Å²) in [6, 6.07) is 0. The van der Waals surface area contributed by atoms with Crippen LogP contribution in [-0.4, -0.2) is 37.6 Å². The van der Waals surface area contributed by atoms with Crippen LogP contribution in [0.25, 0.3) is 0 Å². The van der Waals surface area contributed by atoms with E-state index in [0.29, 0.717) is 6.61 Å². The molecule has 1 rings (SSSR count). The standard InChI is InChI=1S/C13H22N2O2S/c1-5-15(7-8-17-6-2)13-14-12(10(3)4)11(9-16)18-13/h9-10H,5-8H2,1-4H3. The minimum Gasteiger partial charge on any atom is -0.380 e. The molecule has 0 radical (unpaired) electrons. The van der Waals surface area contributed by atoms with Crippen molar-refractivity contribution in [3.63, 3.8) is 0 Å². The molecule has 0 spiro atoms. The number of likely N-dealkylation sites (N-methyl/N-ethyl adjacent to an activating group) is 1. The van der Waals surface area contributed by atoms with E-state index in [9.17, 15) is 4.79 Å². The lowest BCUT2D eigenvalue weighted by molar-refractivity contribution is 0.112. The first-order chi connectivity index (χ1) is 8.63. The summed E-state index contributed by atoms with van der Waals surface area (Å²) in [6.45, 7) is 11.3. The van der Waals surface area contributed by atoms with E-state index in [0.717, 1.165) is 41.7 Å². The van der Waals surface area contributed by atoms with Gasteiger partial charge in [0.1, 0.15) is 0 Å². The fraction of sp³-hybridized carbons (Fsp3) is 0.692. The normalized spacial score (nSPS) is 10.9. The van der Waals surface area contributed by atoms with E-state index in [1.54, 1.807) is 0 Å². The number of carbonyl (C=O) groups excluding carboxylic acids is 1. The van der Waals surface area contributed by atoms with Crippen LogP contribution in [0.5, 0.6) is 0 Å². The fourth-order valence-corrected chi connectivity index (χ4v) is 2.80. The van der Waals surface area contributed by atoms with Gasteiger partial charge in [0.15, 0.2) is 11.4 Å². The van der Waals surface area contributed by atoms with Crippen molar-refractivity contribution in [3.05, 3.63) is 10.6 Å². The van der Waals surface area contributed by atoms with Crippen molar-refractivity contribution < 1.29 is 9.53 Å². The largest absolute Gasteiger partial charge is 0.380 e. The van der Waals surface area contributed by atoms with E-state index < -0.39 is 0 Å². The van der Waals surface area contributed by atoms with Crippen molar-refractivity contribution in [1.82, 2.24) is 4.98 Å². The summed E-state index contributed by atoms with van der Waals surface area (Å²) in [5, 5.41) is 0.919. The zero-order chi connectivity index (χ0) is 13.5. The number of aldehydes is 1. The van der Waals surface area contributed by atoms with E-state index in [2.05, 4.69) is 30.7 Å². The van der Waals surface area contributed by atoms with Gasteiger partial charge in [0.25, 0.3) is 0 Å². The lowest BCUT2D eigenvalue weighted by Crippen LogP contribution is -2.27. The highest BCUT2D eigenvalue weighted by atomic mass is 32.1. The maximum absolute atomic E-state index is 11.0. The van der Waals surface area contributed by atoms with E-state index in [-0.39, 0.29) is 5.92 Å². The highest BCUT2D eigenvalue weighted by molar-refractivity contribution is 7.17. The Morgan fingerprint density at radius 1 is 1.44 bits per heavy atom. The third-order valence-corrected chi connectivity index (χ3v) is 3.74. The topological polar surface area (TPSA) is 42.4 Å². The van der Waals surface area contributed by atoms with Gasteiger partial charge in [0, 0.05) is 19.7 Å². The maximum atomic E-state index is 11.0. The van der Waals surface area contributed by atoms with Crippen molar-refractivity contribution in [3.8, 4) is 0 Å². The van der Waals surface area contributed by atoms with Crippen molar-refractivity contribution in [2.45, 2.75) is 33.6 Å². The Kier molecular flexibility index (Phi) is 6.29. The van der Waals surface area contributed by atoms with Crippen molar-refractivity contribution >= 4 is 22.8 Å². The molecule has 0 saturated carbocycles. The molecule has 0 amide bonds. The highest BCUT2D eigenvalue weighted by Gasteiger charge is 2.16. The average Bonchev–Trinajstić information content (AvgIpc) is 2.79. The Bertz CT molecular complexity index is 377. The number of carbonyl (C=O) groups is 1. The third kappa shape index (κ3) is 3.78. The molecule has 0 unspecified atom stereocenters. The van der Waals surface area contributed by atoms with Gasteiger partial charge in [-0.2, -0.15) is 0 Å². The quantitative estimate of drug-likeness (QED) is 0.538. The van der Waals surface area contributed by atoms with Crippen molar-refractivity contribution in [1.29, 1.82) is 0 Å². The number of anilines is 1. The molecular weight excluding hydrogens is 248 g/mol. The van der Waals surface area contributed by atoms with Gasteiger partial charge < -0.3 is 9.64 Å². The second-order valence-electron chi connectivity index (χ2n) is 4.30. The molecule has 0 atom stereocenters. The van der Waals surface area contributed by atoms with Gasteiger partial charge in [-0.15, -0.1) is 0 Å². The fourth-order valence-electron chi connectivity index (χ4n) is 1.67. The predicted octanol–water partition coefficient (Wildman–Crippen LogP) is 2.94. The van der Waals surface area contributed by atoms with Crippen LogP contribution in [0.2, 0.25) is 0 Å². The zero-order valence-electron chi connectivity index (χ0n) is 11.6. The van der Waals surface area contributed by atoms with Crippen LogP contribution in [0.1, 0.15) is 49.0 Å². The first kappa shape index (κ1) is 15.1. The van der Waals surface area contributed by atoms with Crippen molar-refractivity contribution in [2.24, 2.45) is 0 Å². The average molecular weight is 270 g/mol. The Balaban J connectivity index is 2.82. The molecule has 1 aromatic rings. The molecule has 18 heavy (non-hydrogen) atoms. The SMILES string of the molecule is CCOCCN(CC)c1nc(C(C)C)c(C=O)s1. The van der Waals surface area contributed by atoms with E-state index in [1.807, 2.05) is 6.92 Å². The molecule has 0 aromatic carbocycles. The summed E-state index contributed by atoms with van der Waals surface area (Å²) in [5.41, 5.74) is 0.903. The molecule has 1 aromatic heterocycles. The predicted molar refractivity (Wildman–Crippen MR) is 76.0 cm³/mol. The van der Waals surface area contributed by atoms with Gasteiger partial charge in [-0.3, -0.25) is 4.79 Å². The number of hydrogen-bond donors (Lipinski definition) is 0. The van der Waals surface area contributed by atoms with Crippen molar-refractivity contribution in [2.75, 3.05) is 31.2 Å². The first-order valence-electron chi connectivity index (χ1n) is 6.42. The van der Waals surface area contributed by atoms with Gasteiger partial charge >= 0.3 is 0 Å². The van der Waals surface area contributed by atoms with Crippen LogP contribution >= 0.6 is 11.3 Å². The molecule has 0 bridgehead atoms. The van der Waals surface area contributed by atoms with Crippen LogP contribution < -0.4 is 4.90 Å². The zero-order valence-corrected chi connectivity index (χ0v) is 12.4. The number of rotatable bonds is 8. The van der Waals surface area contributed by atoms with Gasteiger partial charge in [0.2, 0.25) is 0 Å². The number of ether oxygens (including phenoxy) is 1. The third-order valence-electron chi connectivity index (χ3n) is 2.69. The van der Waals surface area contributed by atoms with Crippen LogP contribution in [0.4, 0.5) is 5.13 Å². The smallest absolute Gasteiger partial charge is 0.186 e. The van der Waals surface area contributed by atoms with Crippen LogP contribution in [0.15, 0.2) is 0 Å². The molecule has 5 heteroatoms. The van der Waals surface area contributed by atoms with E-state index in [1.165, 1.54) is 11.3 Å². The molecular formula is C13H22N2O2S. The summed E-state index contributed by atoms with van der Waals surface area (Å²) in [7, 11) is 0. The summed E-state index contributed by atoms with van der Waals surface area (Å²) in [4.78, 5) is 18.5. The van der Waals surface area contributed by atoms with E-state index in [4.69, 9.17) is 4.74 Å². The molecule has 0 fully saturated rings. The van der Waals surface area contributed by atoms with Gasteiger partial charge in [0.05, 0.1) is 17.2 Å². The second-order valence-corrected chi connectivity index (χ2v) is 5.30. The number of nitrogens with zero attached hydrogens (tertiary/aromatic N) is 2. The lowest BCUT2D eigenvalue weighted by Gasteiger charge is -2.19. The molecule has 0 aliphatic heterocycles. The lowest BCUT2D eigenvalue weighted by atomic mass is 10.1. The molecule has 0 saturated heterocycles. The van der Waals surface area contributed by atoms with Crippen LogP contribution in [-0.2, 0) is 4.74 Å². The second kappa shape index (κ2) is 7.48. The van der Waals surface area contributed by atoms with Gasteiger partial charge in [-0.05, 0) is 19.8 Å². The Morgan fingerprint density at radius 3 is 2.61 bits per heavy atom. The van der Waals surface area contributed by atoms with Gasteiger partial charge in [-0.1, -0.05) is 25.2 Å². The Hall–Kier alpha value is -0.940. The van der Waals surface area contributed by atoms with Crippen LogP contribution in [0.3, 0.4) is 0 Å². The summed E-state index contributed by atoms with van der Waals surface area (Å²) >= 11 is 1.47. The molecule has 0 aliphatic rings. The minimum absolute atomic E-state index is 0.279. The van der Waals surface area contributed by atoms with Crippen LogP contribution in [0, 0.1) is 0 Å². The van der Waals surface area contributed by atoms with Gasteiger partial charge in [-0.25, -0.2) is 4.98 Å². The summed E-state index contributed by atoms with van der Waals surface area (Å²) in [6.07, 6.45) is 0.910. The monoisotopic (exact) mass is 270 g/mol. The van der Waals surface area contributed by atoms with E-state index >= 15 is 0 Å². The number of hydrogen-bond acceptors (Lipinski definition) is 5. The number of thiazole rings is 1. The molecule has 4 nitrogen and oxygen atoms in total. The molecule has 0 N–H and O–H groups in total. The maximum Gasteiger partial charge on any atom is 0.186 e. The first-order valence-corrected chi connectivity index (χ1v) is 7.24. The molecule has 0 aliphatic carbocycles. The summed E-state index contributed by atoms with van der Waals surface area (Å²) in [5.74, 6) is 0.279. The highest BCUT2D eigenvalue weighted by Crippen LogP contribution is 2.29. The Labute approximate surface area is 113 Å². The minimum atomic E-state index is 0.279.